The molecule has 0 bridgehead atoms. The summed E-state index contributed by atoms with van der Waals surface area (Å²) in [4.78, 5) is 6.45. The van der Waals surface area contributed by atoms with Crippen LogP contribution in [0.1, 0.15) is 5.56 Å². The van der Waals surface area contributed by atoms with E-state index in [1.807, 2.05) is 24.3 Å². The van der Waals surface area contributed by atoms with E-state index in [0.29, 0.717) is 5.13 Å². The van der Waals surface area contributed by atoms with Gasteiger partial charge in [-0.2, -0.15) is 0 Å². The molecular weight excluding hydrogens is 282 g/mol. The van der Waals surface area contributed by atoms with Crippen molar-refractivity contribution in [3.05, 3.63) is 48.0 Å². The highest BCUT2D eigenvalue weighted by Gasteiger charge is 2.09. The van der Waals surface area contributed by atoms with Crippen molar-refractivity contribution in [3.63, 3.8) is 0 Å². The molecule has 0 saturated heterocycles. The summed E-state index contributed by atoms with van der Waals surface area (Å²) in [5, 5.41) is 0.611. The Labute approximate surface area is 127 Å². The number of nitrogens with two attached hydrogens (primary N) is 1. The van der Waals surface area contributed by atoms with E-state index in [1.165, 1.54) is 16.9 Å². The zero-order valence-electron chi connectivity index (χ0n) is 12.0. The second-order valence-electron chi connectivity index (χ2n) is 4.88. The number of methoxy groups -OCH3 is 1. The van der Waals surface area contributed by atoms with Crippen molar-refractivity contribution in [1.29, 1.82) is 0 Å². The standard InChI is InChI=1S/C16H17N3OS/c1-19(13-5-3-4-6-14(13)20-2)10-11-7-8-12-15(9-11)21-16(17)18-12/h3-9H,10H2,1-2H3,(H2,17,18). The number of aromatic nitrogens is 1. The fourth-order valence-corrected chi connectivity index (χ4v) is 3.19. The molecule has 21 heavy (non-hydrogen) atoms. The first-order chi connectivity index (χ1) is 10.2. The van der Waals surface area contributed by atoms with Crippen molar-refractivity contribution in [2.45, 2.75) is 6.54 Å². The van der Waals surface area contributed by atoms with Crippen LogP contribution in [-0.4, -0.2) is 19.1 Å². The smallest absolute Gasteiger partial charge is 0.181 e. The summed E-state index contributed by atoms with van der Waals surface area (Å²) in [6.45, 7) is 0.800. The second-order valence-corrected chi connectivity index (χ2v) is 5.94. The van der Waals surface area contributed by atoms with Crippen LogP contribution in [0.5, 0.6) is 5.75 Å². The average molecular weight is 299 g/mol. The predicted molar refractivity (Wildman–Crippen MR) is 89.1 cm³/mol. The first-order valence-electron chi connectivity index (χ1n) is 6.66. The maximum atomic E-state index is 5.75. The van der Waals surface area contributed by atoms with Gasteiger partial charge in [-0.1, -0.05) is 29.5 Å². The number of nitrogens with zero attached hydrogens (tertiary/aromatic N) is 2. The fraction of sp³-hybridized carbons (Fsp3) is 0.188. The number of hydrogen-bond acceptors (Lipinski definition) is 5. The van der Waals surface area contributed by atoms with E-state index in [4.69, 9.17) is 10.5 Å². The summed E-state index contributed by atoms with van der Waals surface area (Å²) in [6, 6.07) is 14.3. The van der Waals surface area contributed by atoms with Crippen molar-refractivity contribution in [2.75, 3.05) is 24.8 Å². The van der Waals surface area contributed by atoms with E-state index >= 15 is 0 Å². The normalized spacial score (nSPS) is 10.8. The summed E-state index contributed by atoms with van der Waals surface area (Å²) in [6.07, 6.45) is 0. The van der Waals surface area contributed by atoms with Crippen molar-refractivity contribution in [2.24, 2.45) is 0 Å². The zero-order chi connectivity index (χ0) is 14.8. The molecule has 3 aromatic rings. The largest absolute Gasteiger partial charge is 0.495 e. The van der Waals surface area contributed by atoms with Crippen LogP contribution >= 0.6 is 11.3 Å². The second kappa shape index (κ2) is 5.61. The molecule has 1 heterocycles. The molecular formula is C16H17N3OS. The van der Waals surface area contributed by atoms with Gasteiger partial charge >= 0.3 is 0 Å². The Bertz CT molecular complexity index is 769. The Balaban J connectivity index is 1.86. The van der Waals surface area contributed by atoms with E-state index < -0.39 is 0 Å². The third kappa shape index (κ3) is 2.78. The van der Waals surface area contributed by atoms with Crippen molar-refractivity contribution in [3.8, 4) is 5.75 Å². The summed E-state index contributed by atoms with van der Waals surface area (Å²) < 4.78 is 6.54. The number of fused-ring (bicyclic) bond motifs is 1. The lowest BCUT2D eigenvalue weighted by Gasteiger charge is -2.21. The molecule has 3 rings (SSSR count). The van der Waals surface area contributed by atoms with E-state index in [9.17, 15) is 0 Å². The molecule has 0 saturated carbocycles. The summed E-state index contributed by atoms with van der Waals surface area (Å²) in [5.74, 6) is 0.878. The molecule has 0 spiro atoms. The van der Waals surface area contributed by atoms with E-state index in [1.54, 1.807) is 7.11 Å². The summed E-state index contributed by atoms with van der Waals surface area (Å²) in [7, 11) is 3.75. The van der Waals surface area contributed by atoms with Gasteiger partial charge in [0.2, 0.25) is 0 Å². The van der Waals surface area contributed by atoms with Gasteiger partial charge in [0.25, 0.3) is 0 Å². The lowest BCUT2D eigenvalue weighted by molar-refractivity contribution is 0.415. The zero-order valence-corrected chi connectivity index (χ0v) is 12.9. The van der Waals surface area contributed by atoms with Crippen LogP contribution in [-0.2, 0) is 6.54 Å². The van der Waals surface area contributed by atoms with Crippen LogP contribution in [0.15, 0.2) is 42.5 Å². The van der Waals surface area contributed by atoms with Gasteiger partial charge in [-0.15, -0.1) is 0 Å². The molecule has 0 fully saturated rings. The third-order valence-electron chi connectivity index (χ3n) is 3.39. The van der Waals surface area contributed by atoms with Crippen LogP contribution in [0.25, 0.3) is 10.2 Å². The number of hydrogen-bond donors (Lipinski definition) is 1. The monoisotopic (exact) mass is 299 g/mol. The maximum Gasteiger partial charge on any atom is 0.181 e. The molecule has 2 aromatic carbocycles. The molecule has 1 aromatic heterocycles. The van der Waals surface area contributed by atoms with E-state index in [-0.39, 0.29) is 0 Å². The molecule has 0 unspecified atom stereocenters. The number of thiazole rings is 1. The van der Waals surface area contributed by atoms with Crippen molar-refractivity contribution in [1.82, 2.24) is 4.98 Å². The number of rotatable bonds is 4. The quantitative estimate of drug-likeness (QED) is 0.801. The minimum Gasteiger partial charge on any atom is -0.495 e. The molecule has 0 amide bonds. The molecule has 0 aliphatic carbocycles. The number of anilines is 2. The lowest BCUT2D eigenvalue weighted by Crippen LogP contribution is -2.17. The van der Waals surface area contributed by atoms with Crippen molar-refractivity contribution < 1.29 is 4.74 Å². The van der Waals surface area contributed by atoms with Crippen LogP contribution in [0.3, 0.4) is 0 Å². The Kier molecular flexibility index (Phi) is 3.66. The van der Waals surface area contributed by atoms with Gasteiger partial charge in [0, 0.05) is 13.6 Å². The molecule has 108 valence electrons. The Morgan fingerprint density at radius 1 is 1.24 bits per heavy atom. The van der Waals surface area contributed by atoms with Gasteiger partial charge in [0.05, 0.1) is 23.0 Å². The van der Waals surface area contributed by atoms with Gasteiger partial charge in [0.15, 0.2) is 5.13 Å². The first-order valence-corrected chi connectivity index (χ1v) is 7.48. The summed E-state index contributed by atoms with van der Waals surface area (Å²) >= 11 is 1.52. The fourth-order valence-electron chi connectivity index (χ4n) is 2.39. The highest BCUT2D eigenvalue weighted by atomic mass is 32.1. The van der Waals surface area contributed by atoms with Gasteiger partial charge in [-0.25, -0.2) is 4.98 Å². The van der Waals surface area contributed by atoms with Crippen LogP contribution in [0.4, 0.5) is 10.8 Å². The van der Waals surface area contributed by atoms with Gasteiger partial charge in [0.1, 0.15) is 5.75 Å². The molecule has 0 aliphatic heterocycles. The van der Waals surface area contributed by atoms with Gasteiger partial charge in [-0.3, -0.25) is 0 Å². The van der Waals surface area contributed by atoms with Crippen molar-refractivity contribution >= 4 is 32.4 Å². The molecule has 0 radical (unpaired) electrons. The van der Waals surface area contributed by atoms with E-state index in [2.05, 4.69) is 35.1 Å². The topological polar surface area (TPSA) is 51.4 Å². The van der Waals surface area contributed by atoms with E-state index in [0.717, 1.165) is 28.2 Å². The lowest BCUT2D eigenvalue weighted by atomic mass is 10.2. The molecule has 5 heteroatoms. The minimum absolute atomic E-state index is 0.611. The third-order valence-corrected chi connectivity index (χ3v) is 4.23. The highest BCUT2D eigenvalue weighted by Crippen LogP contribution is 2.29. The SMILES string of the molecule is COc1ccccc1N(C)Cc1ccc2nc(N)sc2c1. The number of benzene rings is 2. The Morgan fingerprint density at radius 3 is 2.86 bits per heavy atom. The maximum absolute atomic E-state index is 5.75. The highest BCUT2D eigenvalue weighted by molar-refractivity contribution is 7.22. The minimum atomic E-state index is 0.611. The number of ether oxygens (including phenoxy) is 1. The predicted octanol–water partition coefficient (Wildman–Crippen LogP) is 3.52. The van der Waals surface area contributed by atoms with Crippen LogP contribution in [0.2, 0.25) is 0 Å². The molecule has 0 aliphatic rings. The van der Waals surface area contributed by atoms with Gasteiger partial charge < -0.3 is 15.4 Å². The molecule has 2 N–H and O–H groups in total. The van der Waals surface area contributed by atoms with Crippen LogP contribution in [0, 0.1) is 0 Å². The average Bonchev–Trinajstić information content (AvgIpc) is 2.86. The first kappa shape index (κ1) is 13.7. The van der Waals surface area contributed by atoms with Crippen LogP contribution < -0.4 is 15.4 Å². The summed E-state index contributed by atoms with van der Waals surface area (Å²) in [5.41, 5.74) is 9.01. The van der Waals surface area contributed by atoms with Gasteiger partial charge in [-0.05, 0) is 29.8 Å². The molecule has 4 nitrogen and oxygen atoms in total. The Morgan fingerprint density at radius 2 is 2.05 bits per heavy atom. The Hall–Kier alpha value is -2.27. The molecule has 0 atom stereocenters. The number of nitrogen functional groups attached to an aromatic ring is 1. The number of para-hydroxylation sites is 2.